The van der Waals surface area contributed by atoms with Crippen LogP contribution >= 0.6 is 0 Å². The first-order valence-corrected chi connectivity index (χ1v) is 7.95. The van der Waals surface area contributed by atoms with E-state index in [1.807, 2.05) is 65.3 Å². The van der Waals surface area contributed by atoms with Crippen LogP contribution < -0.4 is 5.73 Å². The maximum atomic E-state index is 6.04. The number of hydrogen-bond donors (Lipinski definition) is 2. The molecule has 6 nitrogen and oxygen atoms in total. The van der Waals surface area contributed by atoms with Crippen LogP contribution in [-0.4, -0.2) is 24.8 Å². The number of nitrogens with zero attached hydrogens (tertiary/aromatic N) is 4. The summed E-state index contributed by atoms with van der Waals surface area (Å²) in [5, 5.41) is 14.3. The zero-order valence-corrected chi connectivity index (χ0v) is 13.2. The van der Waals surface area contributed by atoms with Crippen LogP contribution in [0.2, 0.25) is 0 Å². The van der Waals surface area contributed by atoms with Crippen molar-refractivity contribution in [1.29, 1.82) is 0 Å². The Hall–Kier alpha value is -3.67. The van der Waals surface area contributed by atoms with Gasteiger partial charge in [0.2, 0.25) is 0 Å². The van der Waals surface area contributed by atoms with Crippen LogP contribution in [0.25, 0.3) is 39.1 Å². The largest absolute Gasteiger partial charge is 0.397 e. The fourth-order valence-electron chi connectivity index (χ4n) is 3.11. The lowest BCUT2D eigenvalue weighted by Crippen LogP contribution is -1.91. The molecule has 0 atom stereocenters. The van der Waals surface area contributed by atoms with Crippen LogP contribution in [0.1, 0.15) is 0 Å². The molecule has 0 aliphatic heterocycles. The smallest absolute Gasteiger partial charge is 0.162 e. The van der Waals surface area contributed by atoms with Crippen LogP contribution in [0.4, 0.5) is 5.69 Å². The number of rotatable bonds is 2. The number of fused-ring (bicyclic) bond motifs is 2. The predicted octanol–water partition coefficient (Wildman–Crippen LogP) is 3.52. The van der Waals surface area contributed by atoms with Gasteiger partial charge in [0.15, 0.2) is 5.65 Å². The quantitative estimate of drug-likeness (QED) is 0.520. The van der Waals surface area contributed by atoms with E-state index in [1.165, 1.54) is 0 Å². The summed E-state index contributed by atoms with van der Waals surface area (Å²) in [6.07, 6.45) is 3.67. The van der Waals surface area contributed by atoms with Gasteiger partial charge in [0.25, 0.3) is 0 Å². The molecule has 1 aromatic carbocycles. The Balaban J connectivity index is 1.85. The Morgan fingerprint density at radius 3 is 2.68 bits per heavy atom. The fraction of sp³-hybridized carbons (Fsp3) is 0. The van der Waals surface area contributed by atoms with Crippen molar-refractivity contribution in [2.45, 2.75) is 0 Å². The highest BCUT2D eigenvalue weighted by Gasteiger charge is 2.18. The minimum atomic E-state index is 0.656. The van der Waals surface area contributed by atoms with Gasteiger partial charge in [0.1, 0.15) is 5.69 Å². The summed E-state index contributed by atoms with van der Waals surface area (Å²) in [5.41, 5.74) is 12.0. The van der Waals surface area contributed by atoms with Gasteiger partial charge < -0.3 is 10.7 Å². The van der Waals surface area contributed by atoms with Crippen LogP contribution in [0.15, 0.2) is 67.0 Å². The van der Waals surface area contributed by atoms with E-state index in [2.05, 4.69) is 15.2 Å². The lowest BCUT2D eigenvalue weighted by Gasteiger charge is -2.03. The second-order valence-electron chi connectivity index (χ2n) is 5.86. The Bertz CT molecular complexity index is 1200. The number of nitrogens with one attached hydrogen (secondary N) is 1. The van der Waals surface area contributed by atoms with Crippen molar-refractivity contribution in [3.63, 3.8) is 0 Å². The average molecular weight is 326 g/mol. The van der Waals surface area contributed by atoms with E-state index < -0.39 is 0 Å². The molecule has 0 aliphatic rings. The van der Waals surface area contributed by atoms with E-state index in [0.717, 1.165) is 33.4 Å². The monoisotopic (exact) mass is 326 g/mol. The summed E-state index contributed by atoms with van der Waals surface area (Å²) in [6, 6.07) is 18.0. The minimum Gasteiger partial charge on any atom is -0.397 e. The molecule has 120 valence electrons. The van der Waals surface area contributed by atoms with E-state index in [4.69, 9.17) is 10.8 Å². The summed E-state index contributed by atoms with van der Waals surface area (Å²) in [6.45, 7) is 0. The van der Waals surface area contributed by atoms with E-state index in [0.29, 0.717) is 11.3 Å². The maximum absolute atomic E-state index is 6.04. The van der Waals surface area contributed by atoms with Crippen molar-refractivity contribution in [2.75, 3.05) is 5.73 Å². The second kappa shape index (κ2) is 5.17. The zero-order valence-electron chi connectivity index (χ0n) is 13.2. The van der Waals surface area contributed by atoms with E-state index in [9.17, 15) is 0 Å². The van der Waals surface area contributed by atoms with Gasteiger partial charge in [0.05, 0.1) is 22.5 Å². The molecule has 0 spiro atoms. The molecule has 0 bridgehead atoms. The molecule has 0 saturated heterocycles. The summed E-state index contributed by atoms with van der Waals surface area (Å²) in [4.78, 5) is 3.02. The Labute approximate surface area is 142 Å². The van der Waals surface area contributed by atoms with Gasteiger partial charge in [-0.3, -0.25) is 0 Å². The molecule has 0 radical (unpaired) electrons. The van der Waals surface area contributed by atoms with E-state index in [-0.39, 0.29) is 0 Å². The van der Waals surface area contributed by atoms with Gasteiger partial charge in [-0.1, -0.05) is 36.4 Å². The Kier molecular flexibility index (Phi) is 2.84. The number of aromatic amines is 1. The number of nitrogens with two attached hydrogens (primary N) is 1. The Morgan fingerprint density at radius 2 is 1.80 bits per heavy atom. The maximum Gasteiger partial charge on any atom is 0.162 e. The lowest BCUT2D eigenvalue weighted by atomic mass is 10.0. The van der Waals surface area contributed by atoms with Gasteiger partial charge in [-0.25, -0.2) is 4.52 Å². The third-order valence-electron chi connectivity index (χ3n) is 4.31. The summed E-state index contributed by atoms with van der Waals surface area (Å²) in [5.74, 6) is 0. The molecule has 25 heavy (non-hydrogen) atoms. The molecule has 3 N–H and O–H groups in total. The van der Waals surface area contributed by atoms with E-state index >= 15 is 0 Å². The summed E-state index contributed by atoms with van der Waals surface area (Å²) >= 11 is 0. The molecular weight excluding hydrogens is 312 g/mol. The fourth-order valence-corrected chi connectivity index (χ4v) is 3.11. The number of benzene rings is 1. The number of anilines is 1. The van der Waals surface area contributed by atoms with Crippen LogP contribution in [0.3, 0.4) is 0 Å². The summed E-state index contributed by atoms with van der Waals surface area (Å²) < 4.78 is 1.87. The van der Waals surface area contributed by atoms with Crippen molar-refractivity contribution in [1.82, 2.24) is 24.8 Å². The molecule has 4 heterocycles. The van der Waals surface area contributed by atoms with Crippen molar-refractivity contribution in [3.8, 4) is 22.5 Å². The lowest BCUT2D eigenvalue weighted by molar-refractivity contribution is 0.966. The normalized spacial score (nSPS) is 11.4. The SMILES string of the molecule is Nc1c[nH]c2nnc(-c3c(-c4ccccc4)nn4ccccc34)cc12. The van der Waals surface area contributed by atoms with Crippen LogP contribution in [0.5, 0.6) is 0 Å². The first-order chi connectivity index (χ1) is 12.3. The van der Waals surface area contributed by atoms with Gasteiger partial charge >= 0.3 is 0 Å². The average Bonchev–Trinajstić information content (AvgIpc) is 3.23. The highest BCUT2D eigenvalue weighted by atomic mass is 15.2. The molecule has 5 rings (SSSR count). The van der Waals surface area contributed by atoms with Gasteiger partial charge in [-0.15, -0.1) is 10.2 Å². The molecule has 0 amide bonds. The summed E-state index contributed by atoms with van der Waals surface area (Å²) in [7, 11) is 0. The predicted molar refractivity (Wildman–Crippen MR) is 97.9 cm³/mol. The van der Waals surface area contributed by atoms with Gasteiger partial charge in [0, 0.05) is 23.3 Å². The molecule has 0 unspecified atom stereocenters. The number of pyridine rings is 1. The number of H-pyrrole nitrogens is 1. The van der Waals surface area contributed by atoms with Crippen LogP contribution in [0, 0.1) is 0 Å². The molecule has 6 heteroatoms. The first kappa shape index (κ1) is 13.7. The highest BCUT2D eigenvalue weighted by molar-refractivity contribution is 5.96. The van der Waals surface area contributed by atoms with Gasteiger partial charge in [-0.05, 0) is 18.2 Å². The molecular formula is C19H14N6. The molecule has 4 aromatic heterocycles. The van der Waals surface area contributed by atoms with Gasteiger partial charge in [-0.2, -0.15) is 5.10 Å². The highest BCUT2D eigenvalue weighted by Crippen LogP contribution is 2.35. The third kappa shape index (κ3) is 2.08. The van der Waals surface area contributed by atoms with Crippen molar-refractivity contribution < 1.29 is 0 Å². The van der Waals surface area contributed by atoms with Crippen molar-refractivity contribution >= 4 is 22.2 Å². The first-order valence-electron chi connectivity index (χ1n) is 7.95. The molecule has 0 fully saturated rings. The standard InChI is InChI=1S/C19H14N6/c20-14-11-21-19-13(14)10-15(22-23-19)17-16-8-4-5-9-25(16)24-18(17)12-6-2-1-3-7-12/h1-11H,20H2,(H,21,23). The van der Waals surface area contributed by atoms with E-state index in [1.54, 1.807) is 6.20 Å². The number of aromatic nitrogens is 5. The zero-order chi connectivity index (χ0) is 16.8. The minimum absolute atomic E-state index is 0.656. The third-order valence-corrected chi connectivity index (χ3v) is 4.31. The topological polar surface area (TPSA) is 84.9 Å². The number of nitrogen functional groups attached to an aromatic ring is 1. The number of hydrogen-bond acceptors (Lipinski definition) is 4. The Morgan fingerprint density at radius 1 is 0.960 bits per heavy atom. The second-order valence-corrected chi connectivity index (χ2v) is 5.86. The molecule has 5 aromatic rings. The molecule has 0 aliphatic carbocycles. The van der Waals surface area contributed by atoms with Crippen molar-refractivity contribution in [3.05, 3.63) is 67.0 Å². The molecule has 0 saturated carbocycles. The van der Waals surface area contributed by atoms with Crippen LogP contribution in [-0.2, 0) is 0 Å². The van der Waals surface area contributed by atoms with Crippen molar-refractivity contribution in [2.24, 2.45) is 0 Å².